The quantitative estimate of drug-likeness (QED) is 0.835. The Morgan fingerprint density at radius 2 is 2.00 bits per heavy atom. The molecule has 0 aromatic heterocycles. The molecule has 18 heavy (non-hydrogen) atoms. The number of hydrogen-bond donors (Lipinski definition) is 1. The van der Waals surface area contributed by atoms with Crippen molar-refractivity contribution < 1.29 is 4.79 Å². The van der Waals surface area contributed by atoms with Crippen molar-refractivity contribution in [3.63, 3.8) is 0 Å². The molecule has 2 rings (SSSR count). The molecule has 0 spiro atoms. The Hall–Kier alpha value is -0.570. The fraction of sp³-hybridized carbons (Fsp3) is 0.933. The van der Waals surface area contributed by atoms with Gasteiger partial charge in [0.1, 0.15) is 0 Å². The van der Waals surface area contributed by atoms with E-state index in [4.69, 9.17) is 5.73 Å². The second kappa shape index (κ2) is 6.55. The molecule has 1 heterocycles. The smallest absolute Gasteiger partial charge is 0.225 e. The normalized spacial score (nSPS) is 29.8. The maximum atomic E-state index is 12.4. The summed E-state index contributed by atoms with van der Waals surface area (Å²) in [6.45, 7) is 4.77. The maximum Gasteiger partial charge on any atom is 0.225 e. The molecule has 3 heteroatoms. The van der Waals surface area contributed by atoms with E-state index in [1.54, 1.807) is 0 Å². The summed E-state index contributed by atoms with van der Waals surface area (Å²) in [7, 11) is 0. The summed E-state index contributed by atoms with van der Waals surface area (Å²) in [5, 5.41) is 0. The van der Waals surface area contributed by atoms with E-state index in [-0.39, 0.29) is 5.92 Å². The minimum atomic E-state index is 0.161. The van der Waals surface area contributed by atoms with Gasteiger partial charge >= 0.3 is 0 Å². The Kier molecular flexibility index (Phi) is 5.04. The molecule has 2 aliphatic rings. The third kappa shape index (κ3) is 3.25. The van der Waals surface area contributed by atoms with E-state index in [2.05, 4.69) is 11.8 Å². The molecule has 0 aromatic rings. The summed E-state index contributed by atoms with van der Waals surface area (Å²) in [5.74, 6) is 2.22. The molecule has 2 fully saturated rings. The van der Waals surface area contributed by atoms with Crippen LogP contribution >= 0.6 is 0 Å². The Morgan fingerprint density at radius 1 is 1.28 bits per heavy atom. The minimum absolute atomic E-state index is 0.161. The zero-order chi connectivity index (χ0) is 13.0. The highest BCUT2D eigenvalue weighted by Crippen LogP contribution is 2.36. The highest BCUT2D eigenvalue weighted by atomic mass is 16.2. The van der Waals surface area contributed by atoms with Crippen LogP contribution in [0.1, 0.15) is 51.9 Å². The molecule has 0 bridgehead atoms. The van der Waals surface area contributed by atoms with Crippen LogP contribution in [0.15, 0.2) is 0 Å². The first-order valence-electron chi connectivity index (χ1n) is 7.71. The van der Waals surface area contributed by atoms with Crippen molar-refractivity contribution in [1.82, 2.24) is 4.90 Å². The number of rotatable bonds is 4. The zero-order valence-electron chi connectivity index (χ0n) is 11.7. The topological polar surface area (TPSA) is 46.3 Å². The number of carbonyl (C=O) groups excluding carboxylic acids is 1. The van der Waals surface area contributed by atoms with Crippen molar-refractivity contribution in [3.05, 3.63) is 0 Å². The molecule has 1 amide bonds. The number of likely N-dealkylation sites (tertiary alicyclic amines) is 1. The van der Waals surface area contributed by atoms with Gasteiger partial charge in [0.25, 0.3) is 0 Å². The van der Waals surface area contributed by atoms with Crippen LogP contribution in [-0.4, -0.2) is 30.4 Å². The molecule has 3 nitrogen and oxygen atoms in total. The highest BCUT2D eigenvalue weighted by Gasteiger charge is 2.33. The summed E-state index contributed by atoms with van der Waals surface area (Å²) in [4.78, 5) is 14.5. The van der Waals surface area contributed by atoms with Gasteiger partial charge in [-0.3, -0.25) is 4.79 Å². The molecule has 1 aliphatic heterocycles. The third-order valence-corrected chi connectivity index (χ3v) is 4.87. The van der Waals surface area contributed by atoms with Crippen molar-refractivity contribution in [3.8, 4) is 0 Å². The van der Waals surface area contributed by atoms with Crippen LogP contribution in [0.25, 0.3) is 0 Å². The first kappa shape index (κ1) is 13.9. The number of nitrogens with two attached hydrogens (primary N) is 1. The standard InChI is InChI=1S/C15H28N2O/c1-12(5-4-9-16)15(18)17-10-8-13-6-2-3-7-14(13)11-17/h12-14H,2-11,16H2,1H3. The molecule has 1 saturated carbocycles. The van der Waals surface area contributed by atoms with E-state index in [1.165, 1.54) is 32.1 Å². The van der Waals surface area contributed by atoms with Crippen LogP contribution in [0.3, 0.4) is 0 Å². The van der Waals surface area contributed by atoms with Gasteiger partial charge in [0.15, 0.2) is 0 Å². The fourth-order valence-corrected chi connectivity index (χ4v) is 3.66. The Bertz CT molecular complexity index is 280. The average molecular weight is 252 g/mol. The van der Waals surface area contributed by atoms with Gasteiger partial charge in [-0.1, -0.05) is 26.2 Å². The van der Waals surface area contributed by atoms with Gasteiger partial charge in [-0.05, 0) is 44.1 Å². The highest BCUT2D eigenvalue weighted by molar-refractivity contribution is 5.78. The Morgan fingerprint density at radius 3 is 2.72 bits per heavy atom. The monoisotopic (exact) mass is 252 g/mol. The number of amides is 1. The molecule has 3 unspecified atom stereocenters. The lowest BCUT2D eigenvalue weighted by Gasteiger charge is -2.42. The van der Waals surface area contributed by atoms with Crippen molar-refractivity contribution in [2.45, 2.75) is 51.9 Å². The van der Waals surface area contributed by atoms with Crippen LogP contribution < -0.4 is 5.73 Å². The minimum Gasteiger partial charge on any atom is -0.342 e. The van der Waals surface area contributed by atoms with E-state index in [9.17, 15) is 4.79 Å². The number of fused-ring (bicyclic) bond motifs is 1. The summed E-state index contributed by atoms with van der Waals surface area (Å²) in [5.41, 5.74) is 5.52. The lowest BCUT2D eigenvalue weighted by Crippen LogP contribution is -2.46. The van der Waals surface area contributed by atoms with Crippen LogP contribution in [0.4, 0.5) is 0 Å². The van der Waals surface area contributed by atoms with Gasteiger partial charge in [0.2, 0.25) is 5.91 Å². The molecule has 1 aliphatic carbocycles. The van der Waals surface area contributed by atoms with Gasteiger partial charge in [-0.2, -0.15) is 0 Å². The number of piperidine rings is 1. The van der Waals surface area contributed by atoms with E-state index >= 15 is 0 Å². The molecule has 0 radical (unpaired) electrons. The number of hydrogen-bond acceptors (Lipinski definition) is 2. The lowest BCUT2D eigenvalue weighted by molar-refractivity contribution is -0.138. The predicted molar refractivity (Wildman–Crippen MR) is 74.1 cm³/mol. The molecule has 104 valence electrons. The molecule has 0 aromatic carbocycles. The van der Waals surface area contributed by atoms with Gasteiger partial charge in [-0.15, -0.1) is 0 Å². The van der Waals surface area contributed by atoms with Gasteiger partial charge < -0.3 is 10.6 Å². The summed E-state index contributed by atoms with van der Waals surface area (Å²) in [6.07, 6.45) is 8.65. The molecular weight excluding hydrogens is 224 g/mol. The molecule has 1 saturated heterocycles. The van der Waals surface area contributed by atoms with Crippen molar-refractivity contribution in [2.24, 2.45) is 23.5 Å². The van der Waals surface area contributed by atoms with Crippen LogP contribution in [-0.2, 0) is 4.79 Å². The van der Waals surface area contributed by atoms with Crippen molar-refractivity contribution in [2.75, 3.05) is 19.6 Å². The summed E-state index contributed by atoms with van der Waals surface area (Å²) >= 11 is 0. The van der Waals surface area contributed by atoms with Crippen molar-refractivity contribution >= 4 is 5.91 Å². The summed E-state index contributed by atoms with van der Waals surface area (Å²) < 4.78 is 0. The largest absolute Gasteiger partial charge is 0.342 e. The molecule has 2 N–H and O–H groups in total. The summed E-state index contributed by atoms with van der Waals surface area (Å²) in [6, 6.07) is 0. The SMILES string of the molecule is CC(CCCN)C(=O)N1CCC2CCCCC2C1. The number of nitrogens with zero attached hydrogens (tertiary/aromatic N) is 1. The van der Waals surface area contributed by atoms with Crippen LogP contribution in [0, 0.1) is 17.8 Å². The fourth-order valence-electron chi connectivity index (χ4n) is 3.66. The van der Waals surface area contributed by atoms with Crippen LogP contribution in [0.2, 0.25) is 0 Å². The lowest BCUT2D eigenvalue weighted by atomic mass is 9.75. The second-order valence-electron chi connectivity index (χ2n) is 6.21. The first-order chi connectivity index (χ1) is 8.72. The van der Waals surface area contributed by atoms with E-state index in [0.717, 1.165) is 37.8 Å². The molecular formula is C15H28N2O. The number of carbonyl (C=O) groups is 1. The Labute approximate surface area is 111 Å². The second-order valence-corrected chi connectivity index (χ2v) is 6.21. The van der Waals surface area contributed by atoms with E-state index in [1.807, 2.05) is 0 Å². The van der Waals surface area contributed by atoms with Gasteiger partial charge in [0.05, 0.1) is 0 Å². The van der Waals surface area contributed by atoms with Gasteiger partial charge in [0, 0.05) is 19.0 Å². The maximum absolute atomic E-state index is 12.4. The van der Waals surface area contributed by atoms with Crippen molar-refractivity contribution in [1.29, 1.82) is 0 Å². The Balaban J connectivity index is 1.84. The third-order valence-electron chi connectivity index (χ3n) is 4.87. The van der Waals surface area contributed by atoms with Gasteiger partial charge in [-0.25, -0.2) is 0 Å². The first-order valence-corrected chi connectivity index (χ1v) is 7.71. The molecule has 3 atom stereocenters. The van der Waals surface area contributed by atoms with E-state index < -0.39 is 0 Å². The predicted octanol–water partition coefficient (Wildman–Crippen LogP) is 2.40. The zero-order valence-corrected chi connectivity index (χ0v) is 11.7. The average Bonchev–Trinajstić information content (AvgIpc) is 2.43. The van der Waals surface area contributed by atoms with E-state index in [0.29, 0.717) is 12.5 Å². The van der Waals surface area contributed by atoms with Crippen LogP contribution in [0.5, 0.6) is 0 Å².